The lowest BCUT2D eigenvalue weighted by Crippen LogP contribution is -2.09. The maximum Gasteiger partial charge on any atom is 0.340 e. The van der Waals surface area contributed by atoms with Crippen LogP contribution in [0.3, 0.4) is 0 Å². The number of benzene rings is 1. The fourth-order valence-electron chi connectivity index (χ4n) is 3.71. The van der Waals surface area contributed by atoms with E-state index in [9.17, 15) is 9.59 Å². The average Bonchev–Trinajstić information content (AvgIpc) is 3.43. The molecule has 1 saturated carbocycles. The first kappa shape index (κ1) is 17.6. The molecular weight excluding hydrogens is 342 g/mol. The lowest BCUT2D eigenvalue weighted by molar-refractivity contribution is 0.0473. The third-order valence-electron chi connectivity index (χ3n) is 5.28. The maximum absolute atomic E-state index is 12.6. The van der Waals surface area contributed by atoms with E-state index < -0.39 is 5.63 Å². The number of rotatable bonds is 5. The molecule has 0 amide bonds. The van der Waals surface area contributed by atoms with E-state index in [1.54, 1.807) is 0 Å². The van der Waals surface area contributed by atoms with Crippen LogP contribution >= 0.6 is 0 Å². The topological polar surface area (TPSA) is 61.4 Å². The number of nitrogens with zero attached hydrogens (tertiary/aromatic N) is 1. The average molecular weight is 365 g/mol. The Hall–Kier alpha value is -2.82. The van der Waals surface area contributed by atoms with E-state index >= 15 is 0 Å². The number of ether oxygens (including phenoxy) is 1. The number of fused-ring (bicyclic) bond motifs is 1. The highest BCUT2D eigenvalue weighted by Gasteiger charge is 2.28. The largest absolute Gasteiger partial charge is 0.457 e. The number of aryl methyl sites for hydroxylation is 2. The van der Waals surface area contributed by atoms with Crippen molar-refractivity contribution in [2.75, 3.05) is 0 Å². The first-order valence-electron chi connectivity index (χ1n) is 9.39. The molecule has 5 nitrogen and oxygen atoms in total. The summed E-state index contributed by atoms with van der Waals surface area (Å²) in [5.74, 6) is -0.360. The van der Waals surface area contributed by atoms with Crippen LogP contribution in [0.1, 0.15) is 58.7 Å². The van der Waals surface area contributed by atoms with Gasteiger partial charge in [-0.15, -0.1) is 0 Å². The van der Waals surface area contributed by atoms with Gasteiger partial charge < -0.3 is 13.7 Å². The minimum absolute atomic E-state index is 0.0412. The van der Waals surface area contributed by atoms with Gasteiger partial charge in [-0.05, 0) is 50.8 Å². The van der Waals surface area contributed by atoms with Crippen molar-refractivity contribution >= 4 is 16.9 Å². The Labute approximate surface area is 157 Å². The molecule has 0 unspecified atom stereocenters. The van der Waals surface area contributed by atoms with Gasteiger partial charge in [0.05, 0.1) is 5.56 Å². The highest BCUT2D eigenvalue weighted by atomic mass is 16.5. The first-order chi connectivity index (χ1) is 13.0. The Morgan fingerprint density at radius 2 is 2.00 bits per heavy atom. The molecule has 4 rings (SSSR count). The van der Waals surface area contributed by atoms with Crippen LogP contribution < -0.4 is 5.63 Å². The second kappa shape index (κ2) is 6.72. The lowest BCUT2D eigenvalue weighted by atomic mass is 10.1. The second-order valence-electron chi connectivity index (χ2n) is 7.24. The van der Waals surface area contributed by atoms with Crippen molar-refractivity contribution in [3.8, 4) is 0 Å². The zero-order valence-corrected chi connectivity index (χ0v) is 15.9. The summed E-state index contributed by atoms with van der Waals surface area (Å²) >= 11 is 0. The molecule has 1 aliphatic carbocycles. The van der Waals surface area contributed by atoms with Gasteiger partial charge in [0.15, 0.2) is 0 Å². The number of hydrogen-bond acceptors (Lipinski definition) is 4. The Kier molecular flexibility index (Phi) is 4.38. The molecule has 0 aliphatic heterocycles. The monoisotopic (exact) mass is 365 g/mol. The SMILES string of the molecule is CCc1ccc2c(COC(=O)c3cc(C)n(C4CC4)c3C)cc(=O)oc2c1. The minimum Gasteiger partial charge on any atom is -0.457 e. The molecule has 3 aromatic rings. The molecule has 1 aliphatic rings. The molecule has 2 aromatic heterocycles. The molecule has 27 heavy (non-hydrogen) atoms. The zero-order chi connectivity index (χ0) is 19.1. The van der Waals surface area contributed by atoms with Crippen LogP contribution in [0.2, 0.25) is 0 Å². The number of aromatic nitrogens is 1. The van der Waals surface area contributed by atoms with Gasteiger partial charge in [0, 0.05) is 34.4 Å². The summed E-state index contributed by atoms with van der Waals surface area (Å²) in [6, 6.07) is 9.58. The molecule has 0 radical (unpaired) electrons. The minimum atomic E-state index is -0.436. The van der Waals surface area contributed by atoms with E-state index in [0.29, 0.717) is 22.8 Å². The van der Waals surface area contributed by atoms with Crippen LogP contribution in [0.5, 0.6) is 0 Å². The second-order valence-corrected chi connectivity index (χ2v) is 7.24. The van der Waals surface area contributed by atoms with Gasteiger partial charge in [0.25, 0.3) is 0 Å². The highest BCUT2D eigenvalue weighted by Crippen LogP contribution is 2.38. The summed E-state index contributed by atoms with van der Waals surface area (Å²) in [7, 11) is 0. The van der Waals surface area contributed by atoms with Gasteiger partial charge in [0.2, 0.25) is 0 Å². The molecule has 1 fully saturated rings. The predicted molar refractivity (Wildman–Crippen MR) is 103 cm³/mol. The predicted octanol–water partition coefficient (Wildman–Crippen LogP) is 4.47. The molecule has 0 spiro atoms. The van der Waals surface area contributed by atoms with Crippen molar-refractivity contribution < 1.29 is 13.9 Å². The molecule has 0 saturated heterocycles. The lowest BCUT2D eigenvalue weighted by Gasteiger charge is -2.09. The Morgan fingerprint density at radius 3 is 2.70 bits per heavy atom. The van der Waals surface area contributed by atoms with Crippen molar-refractivity contribution in [1.29, 1.82) is 0 Å². The van der Waals surface area contributed by atoms with Gasteiger partial charge in [0.1, 0.15) is 12.2 Å². The number of hydrogen-bond donors (Lipinski definition) is 0. The number of esters is 1. The van der Waals surface area contributed by atoms with Gasteiger partial charge in [-0.3, -0.25) is 0 Å². The highest BCUT2D eigenvalue weighted by molar-refractivity contribution is 5.91. The summed E-state index contributed by atoms with van der Waals surface area (Å²) in [4.78, 5) is 24.5. The maximum atomic E-state index is 12.6. The molecule has 140 valence electrons. The molecule has 0 atom stereocenters. The summed E-state index contributed by atoms with van der Waals surface area (Å²) < 4.78 is 13.1. The van der Waals surface area contributed by atoms with Gasteiger partial charge in [-0.1, -0.05) is 19.1 Å². The fraction of sp³-hybridized carbons (Fsp3) is 0.364. The standard InChI is InChI=1S/C22H23NO4/c1-4-15-5-8-18-16(11-21(24)27-20(18)10-15)12-26-22(25)19-9-13(2)23(14(19)3)17-6-7-17/h5,8-11,17H,4,6-7,12H2,1-3H3. The quantitative estimate of drug-likeness (QED) is 0.494. The van der Waals surface area contributed by atoms with Crippen LogP contribution in [0.4, 0.5) is 0 Å². The van der Waals surface area contributed by atoms with E-state index in [2.05, 4.69) is 4.57 Å². The van der Waals surface area contributed by atoms with Crippen LogP contribution in [0.25, 0.3) is 11.0 Å². The van der Waals surface area contributed by atoms with E-state index in [0.717, 1.165) is 41.6 Å². The van der Waals surface area contributed by atoms with Crippen molar-refractivity contribution in [3.63, 3.8) is 0 Å². The summed E-state index contributed by atoms with van der Waals surface area (Å²) in [6.45, 7) is 6.06. The van der Waals surface area contributed by atoms with Crippen molar-refractivity contribution in [2.24, 2.45) is 0 Å². The Bertz CT molecular complexity index is 1090. The van der Waals surface area contributed by atoms with Gasteiger partial charge in [-0.2, -0.15) is 0 Å². The van der Waals surface area contributed by atoms with Gasteiger partial charge in [-0.25, -0.2) is 9.59 Å². The van der Waals surface area contributed by atoms with E-state index in [1.165, 1.54) is 6.07 Å². The van der Waals surface area contributed by atoms with E-state index in [4.69, 9.17) is 9.15 Å². The number of carbonyl (C=O) groups excluding carboxylic acids is 1. The van der Waals surface area contributed by atoms with Crippen LogP contribution in [-0.4, -0.2) is 10.5 Å². The summed E-state index contributed by atoms with van der Waals surface area (Å²) in [6.07, 6.45) is 3.18. The van der Waals surface area contributed by atoms with Crippen molar-refractivity contribution in [2.45, 2.75) is 52.7 Å². The van der Waals surface area contributed by atoms with Crippen LogP contribution in [0, 0.1) is 13.8 Å². The van der Waals surface area contributed by atoms with E-state index in [-0.39, 0.29) is 12.6 Å². The molecule has 1 aromatic carbocycles. The summed E-state index contributed by atoms with van der Waals surface area (Å²) in [5, 5.41) is 0.794. The van der Waals surface area contributed by atoms with Gasteiger partial charge >= 0.3 is 11.6 Å². The molecule has 0 bridgehead atoms. The normalized spacial score (nSPS) is 13.9. The summed E-state index contributed by atoms with van der Waals surface area (Å²) in [5.41, 5.74) is 4.47. The van der Waals surface area contributed by atoms with Crippen LogP contribution in [-0.2, 0) is 17.8 Å². The zero-order valence-electron chi connectivity index (χ0n) is 15.9. The third-order valence-corrected chi connectivity index (χ3v) is 5.28. The Balaban J connectivity index is 1.59. The first-order valence-corrected chi connectivity index (χ1v) is 9.39. The third kappa shape index (κ3) is 3.29. The van der Waals surface area contributed by atoms with E-state index in [1.807, 2.05) is 45.0 Å². The molecule has 5 heteroatoms. The smallest absolute Gasteiger partial charge is 0.340 e. The fourth-order valence-corrected chi connectivity index (χ4v) is 3.71. The van der Waals surface area contributed by atoms with Crippen molar-refractivity contribution in [1.82, 2.24) is 4.57 Å². The molecular formula is C22H23NO4. The van der Waals surface area contributed by atoms with Crippen LogP contribution in [0.15, 0.2) is 39.5 Å². The Morgan fingerprint density at radius 1 is 1.22 bits per heavy atom. The molecule has 2 heterocycles. The van der Waals surface area contributed by atoms with Crippen molar-refractivity contribution in [3.05, 3.63) is 68.8 Å². The molecule has 0 N–H and O–H groups in total. The number of carbonyl (C=O) groups is 1.